The topological polar surface area (TPSA) is 72.7 Å². The fourth-order valence-corrected chi connectivity index (χ4v) is 1.94. The van der Waals surface area contributed by atoms with Gasteiger partial charge >= 0.3 is 0 Å². The largest absolute Gasteiger partial charge is 0.385 e. The molecule has 0 fully saturated rings. The first kappa shape index (κ1) is 18.9. The van der Waals surface area contributed by atoms with Gasteiger partial charge in [0, 0.05) is 39.5 Å². The molecule has 0 aliphatic heterocycles. The standard InChI is InChI=1S/C16H23N5OS/c1-21(11-3-9-17)15-7-5-14(6-8-15)13-19-20-16(23)18-10-4-12-22-2/h5-8,13H,3-4,10-12H2,1-2H3,(H2,18,20,23)/b19-13-. The molecule has 1 aromatic carbocycles. The molecule has 0 bridgehead atoms. The zero-order chi connectivity index (χ0) is 16.9. The summed E-state index contributed by atoms with van der Waals surface area (Å²) < 4.78 is 4.96. The highest BCUT2D eigenvalue weighted by atomic mass is 32.1. The molecule has 0 aliphatic carbocycles. The lowest BCUT2D eigenvalue weighted by Gasteiger charge is -2.17. The van der Waals surface area contributed by atoms with Crippen molar-refractivity contribution in [3.05, 3.63) is 29.8 Å². The Kier molecular flexibility index (Phi) is 9.36. The summed E-state index contributed by atoms with van der Waals surface area (Å²) in [7, 11) is 3.64. The van der Waals surface area contributed by atoms with Crippen molar-refractivity contribution in [1.82, 2.24) is 10.7 Å². The molecule has 2 N–H and O–H groups in total. The lowest BCUT2D eigenvalue weighted by Crippen LogP contribution is -2.33. The van der Waals surface area contributed by atoms with Crippen LogP contribution in [0, 0.1) is 11.3 Å². The molecule has 0 unspecified atom stereocenters. The summed E-state index contributed by atoms with van der Waals surface area (Å²) in [5.74, 6) is 0. The van der Waals surface area contributed by atoms with Crippen LogP contribution < -0.4 is 15.6 Å². The van der Waals surface area contributed by atoms with Gasteiger partial charge < -0.3 is 15.0 Å². The van der Waals surface area contributed by atoms with Crippen LogP contribution in [0.1, 0.15) is 18.4 Å². The number of nitriles is 1. The minimum Gasteiger partial charge on any atom is -0.385 e. The average Bonchev–Trinajstić information content (AvgIpc) is 2.57. The number of methoxy groups -OCH3 is 1. The number of hydrogen-bond donors (Lipinski definition) is 2. The first-order chi connectivity index (χ1) is 11.2. The van der Waals surface area contributed by atoms with Crippen molar-refractivity contribution >= 4 is 29.2 Å². The molecule has 0 atom stereocenters. The van der Waals surface area contributed by atoms with Gasteiger partial charge in [-0.1, -0.05) is 12.1 Å². The Hall–Kier alpha value is -2.17. The van der Waals surface area contributed by atoms with Gasteiger partial charge in [-0.05, 0) is 36.3 Å². The molecule has 0 saturated carbocycles. The lowest BCUT2D eigenvalue weighted by molar-refractivity contribution is 0.195. The Morgan fingerprint density at radius 3 is 2.83 bits per heavy atom. The van der Waals surface area contributed by atoms with Gasteiger partial charge in [-0.25, -0.2) is 0 Å². The molecule has 1 aromatic rings. The van der Waals surface area contributed by atoms with E-state index in [9.17, 15) is 0 Å². The molecule has 0 spiro atoms. The maximum Gasteiger partial charge on any atom is 0.186 e. The van der Waals surface area contributed by atoms with E-state index in [1.165, 1.54) is 0 Å². The molecule has 0 saturated heterocycles. The van der Waals surface area contributed by atoms with Gasteiger partial charge in [0.15, 0.2) is 5.11 Å². The van der Waals surface area contributed by atoms with Gasteiger partial charge in [-0.15, -0.1) is 0 Å². The summed E-state index contributed by atoms with van der Waals surface area (Å²) in [5.41, 5.74) is 4.82. The second-order valence-corrected chi connectivity index (χ2v) is 5.30. The Bertz CT molecular complexity index is 538. The number of ether oxygens (including phenoxy) is 1. The smallest absolute Gasteiger partial charge is 0.186 e. The first-order valence-corrected chi connectivity index (χ1v) is 7.82. The third-order valence-corrected chi connectivity index (χ3v) is 3.32. The Morgan fingerprint density at radius 1 is 1.43 bits per heavy atom. The number of anilines is 1. The highest BCUT2D eigenvalue weighted by Crippen LogP contribution is 2.13. The van der Waals surface area contributed by atoms with Gasteiger partial charge in [-0.3, -0.25) is 5.43 Å². The van der Waals surface area contributed by atoms with Crippen LogP contribution in [0.15, 0.2) is 29.4 Å². The molecular weight excluding hydrogens is 310 g/mol. The van der Waals surface area contributed by atoms with Crippen LogP contribution in [-0.4, -0.2) is 45.2 Å². The molecule has 0 radical (unpaired) electrons. The summed E-state index contributed by atoms with van der Waals surface area (Å²) in [6, 6.07) is 10.1. The van der Waals surface area contributed by atoms with E-state index in [1.54, 1.807) is 13.3 Å². The summed E-state index contributed by atoms with van der Waals surface area (Å²) in [6.45, 7) is 2.17. The van der Waals surface area contributed by atoms with Crippen molar-refractivity contribution in [3.63, 3.8) is 0 Å². The SMILES string of the molecule is COCCCNC(=S)N/N=C\c1ccc(N(C)CCC#N)cc1. The van der Waals surface area contributed by atoms with Crippen LogP contribution >= 0.6 is 12.2 Å². The van der Waals surface area contributed by atoms with Gasteiger partial charge in [0.2, 0.25) is 0 Å². The highest BCUT2D eigenvalue weighted by Gasteiger charge is 1.99. The molecule has 124 valence electrons. The average molecular weight is 333 g/mol. The monoisotopic (exact) mass is 333 g/mol. The van der Waals surface area contributed by atoms with Crippen LogP contribution in [0.5, 0.6) is 0 Å². The van der Waals surface area contributed by atoms with Crippen molar-refractivity contribution in [2.45, 2.75) is 12.8 Å². The molecular formula is C16H23N5OS. The van der Waals surface area contributed by atoms with E-state index in [-0.39, 0.29) is 0 Å². The number of nitrogens with one attached hydrogen (secondary N) is 2. The van der Waals surface area contributed by atoms with Crippen molar-refractivity contribution in [2.24, 2.45) is 5.10 Å². The molecule has 7 heteroatoms. The van der Waals surface area contributed by atoms with Crippen molar-refractivity contribution < 1.29 is 4.74 Å². The minimum atomic E-state index is 0.491. The number of hydrogen-bond acceptors (Lipinski definition) is 5. The van der Waals surface area contributed by atoms with Crippen LogP contribution in [0.4, 0.5) is 5.69 Å². The second kappa shape index (κ2) is 11.4. The molecule has 0 aromatic heterocycles. The summed E-state index contributed by atoms with van der Waals surface area (Å²) >= 11 is 5.10. The molecule has 0 aliphatic rings. The molecule has 1 rings (SSSR count). The number of nitrogens with zero attached hydrogens (tertiary/aromatic N) is 3. The van der Waals surface area contributed by atoms with Gasteiger partial charge in [0.25, 0.3) is 0 Å². The number of rotatable bonds is 9. The molecule has 6 nitrogen and oxygen atoms in total. The van der Waals surface area contributed by atoms with E-state index in [2.05, 4.69) is 21.9 Å². The Labute approximate surface area is 143 Å². The molecule has 23 heavy (non-hydrogen) atoms. The van der Waals surface area contributed by atoms with Crippen molar-refractivity contribution in [3.8, 4) is 6.07 Å². The molecule has 0 amide bonds. The Balaban J connectivity index is 2.36. The summed E-state index contributed by atoms with van der Waals surface area (Å²) in [5, 5.41) is 16.2. The minimum absolute atomic E-state index is 0.491. The van der Waals surface area contributed by atoms with Crippen molar-refractivity contribution in [1.29, 1.82) is 5.26 Å². The fourth-order valence-electron chi connectivity index (χ4n) is 1.79. The van der Waals surface area contributed by atoms with Crippen LogP contribution in [-0.2, 0) is 4.74 Å². The van der Waals surface area contributed by atoms with E-state index in [0.717, 1.165) is 24.2 Å². The third kappa shape index (κ3) is 8.14. The van der Waals surface area contributed by atoms with Crippen LogP contribution in [0.2, 0.25) is 0 Å². The quantitative estimate of drug-likeness (QED) is 0.311. The maximum atomic E-state index is 8.61. The predicted octanol–water partition coefficient (Wildman–Crippen LogP) is 1.87. The van der Waals surface area contributed by atoms with Gasteiger partial charge in [-0.2, -0.15) is 10.4 Å². The first-order valence-electron chi connectivity index (χ1n) is 7.41. The van der Waals surface area contributed by atoms with Crippen LogP contribution in [0.25, 0.3) is 0 Å². The lowest BCUT2D eigenvalue weighted by atomic mass is 10.2. The molecule has 0 heterocycles. The number of hydrazone groups is 1. The second-order valence-electron chi connectivity index (χ2n) is 4.89. The summed E-state index contributed by atoms with van der Waals surface area (Å²) in [4.78, 5) is 2.04. The van der Waals surface area contributed by atoms with E-state index < -0.39 is 0 Å². The zero-order valence-electron chi connectivity index (χ0n) is 13.6. The zero-order valence-corrected chi connectivity index (χ0v) is 14.4. The maximum absolute atomic E-state index is 8.61. The van der Waals surface area contributed by atoms with E-state index >= 15 is 0 Å². The van der Waals surface area contributed by atoms with Crippen LogP contribution in [0.3, 0.4) is 0 Å². The Morgan fingerprint density at radius 2 is 2.17 bits per heavy atom. The van der Waals surface area contributed by atoms with Gasteiger partial charge in [0.1, 0.15) is 0 Å². The van der Waals surface area contributed by atoms with E-state index in [1.807, 2.05) is 36.2 Å². The predicted molar refractivity (Wildman–Crippen MR) is 97.8 cm³/mol. The normalized spacial score (nSPS) is 10.3. The van der Waals surface area contributed by atoms with E-state index in [0.29, 0.717) is 24.7 Å². The highest BCUT2D eigenvalue weighted by molar-refractivity contribution is 7.80. The van der Waals surface area contributed by atoms with Crippen molar-refractivity contribution in [2.75, 3.05) is 38.8 Å². The van der Waals surface area contributed by atoms with E-state index in [4.69, 9.17) is 22.2 Å². The third-order valence-electron chi connectivity index (χ3n) is 3.08. The fraction of sp³-hybridized carbons (Fsp3) is 0.438. The van der Waals surface area contributed by atoms with Gasteiger partial charge in [0.05, 0.1) is 18.7 Å². The summed E-state index contributed by atoms with van der Waals surface area (Å²) in [6.07, 6.45) is 3.11. The number of thiocarbonyl (C=S) groups is 1. The number of benzene rings is 1.